The van der Waals surface area contributed by atoms with Crippen LogP contribution in [0.15, 0.2) is 69.5 Å². The average Bonchev–Trinajstić information content (AvgIpc) is 3.17. The Kier molecular flexibility index (Phi) is 5.02. The van der Waals surface area contributed by atoms with E-state index in [2.05, 4.69) is 60.7 Å². The molecule has 0 unspecified atom stereocenters. The van der Waals surface area contributed by atoms with E-state index < -0.39 is 21.8 Å². The molecule has 3 aliphatic rings. The quantitative estimate of drug-likeness (QED) is 0.615. The van der Waals surface area contributed by atoms with Gasteiger partial charge in [0, 0.05) is 0 Å². The molecule has 0 amide bonds. The number of rotatable bonds is 2. The van der Waals surface area contributed by atoms with E-state index in [-0.39, 0.29) is 24.8 Å². The number of halogens is 2. The van der Waals surface area contributed by atoms with Gasteiger partial charge < -0.3 is 24.8 Å². The van der Waals surface area contributed by atoms with Crippen molar-refractivity contribution in [1.82, 2.24) is 0 Å². The zero-order valence-electron chi connectivity index (χ0n) is 12.7. The zero-order valence-corrected chi connectivity index (χ0v) is 16.7. The van der Waals surface area contributed by atoms with E-state index in [1.807, 2.05) is 3.28 Å². The molecule has 0 radical (unpaired) electrons. The molecule has 2 aromatic carbocycles. The van der Waals surface area contributed by atoms with Gasteiger partial charge in [-0.15, -0.1) is 0 Å². The summed E-state index contributed by atoms with van der Waals surface area (Å²) in [5.41, 5.74) is 7.65. The minimum atomic E-state index is -1.07. The SMILES string of the molecule is C1=CC(C2c3ccccc3-c3ccccc32)=[C]([Zr+2]2[CH2][CH2]2)C1.[Cl-].[Cl-]. The molecule has 0 atom stereocenters. The third-order valence-corrected chi connectivity index (χ3v) is 10.8. The van der Waals surface area contributed by atoms with Gasteiger partial charge in [-0.2, -0.15) is 0 Å². The first kappa shape index (κ1) is 17.2. The van der Waals surface area contributed by atoms with Crippen LogP contribution < -0.4 is 24.8 Å². The van der Waals surface area contributed by atoms with Crippen molar-refractivity contribution in [2.75, 3.05) is 0 Å². The summed E-state index contributed by atoms with van der Waals surface area (Å²) in [5, 5.41) is 0. The Morgan fingerprint density at radius 3 is 1.91 bits per heavy atom. The summed E-state index contributed by atoms with van der Waals surface area (Å²) in [6.07, 6.45) is 6.13. The summed E-state index contributed by atoms with van der Waals surface area (Å²) >= 11 is -1.07. The summed E-state index contributed by atoms with van der Waals surface area (Å²) in [6, 6.07) is 18.0. The second-order valence-electron chi connectivity index (χ2n) is 6.25. The van der Waals surface area contributed by atoms with Gasteiger partial charge >= 0.3 is 134 Å². The second kappa shape index (κ2) is 6.71. The average molecular weight is 419 g/mol. The van der Waals surface area contributed by atoms with E-state index in [4.69, 9.17) is 0 Å². The molecule has 0 bridgehead atoms. The Morgan fingerprint density at radius 1 is 0.783 bits per heavy atom. The molecule has 2 aromatic rings. The van der Waals surface area contributed by atoms with Crippen LogP contribution in [0.5, 0.6) is 0 Å². The van der Waals surface area contributed by atoms with Crippen LogP contribution in [0.4, 0.5) is 0 Å². The Hall–Kier alpha value is -0.617. The van der Waals surface area contributed by atoms with Crippen LogP contribution in [-0.2, 0) is 21.8 Å². The smallest absolute Gasteiger partial charge is 1.00 e. The molecule has 2 aliphatic carbocycles. The standard InChI is InChI=1S/C18H13.C2H4.2ClH.Zr/c1-2-8-13(7-1)18-16-11-5-3-9-14(16)15-10-4-6-12-17(15)18;1-2;;;/h1,3-7,9-12,18H,2H2;1-2H2;2*1H;/q;;;;+2/p-2. The summed E-state index contributed by atoms with van der Waals surface area (Å²) in [7, 11) is 0. The van der Waals surface area contributed by atoms with Crippen molar-refractivity contribution < 1.29 is 46.6 Å². The molecule has 0 saturated carbocycles. The molecule has 115 valence electrons. The van der Waals surface area contributed by atoms with E-state index in [9.17, 15) is 0 Å². The van der Waals surface area contributed by atoms with Crippen LogP contribution in [0.3, 0.4) is 0 Å². The molecule has 23 heavy (non-hydrogen) atoms. The summed E-state index contributed by atoms with van der Waals surface area (Å²) in [6.45, 7) is 0. The predicted octanol–water partition coefficient (Wildman–Crippen LogP) is -0.511. The second-order valence-corrected chi connectivity index (χ2v) is 13.2. The molecule has 0 N–H and O–H groups in total. The number of allylic oxidation sites excluding steroid dienone is 4. The summed E-state index contributed by atoms with van der Waals surface area (Å²) in [5.74, 6) is 0.514. The first-order valence-corrected chi connectivity index (χ1v) is 12.6. The van der Waals surface area contributed by atoms with Crippen molar-refractivity contribution in [1.29, 1.82) is 0 Å². The molecular formula is C20H17Cl2Zr. The fourth-order valence-corrected chi connectivity index (χ4v) is 10.2. The number of benzene rings is 2. The van der Waals surface area contributed by atoms with Crippen LogP contribution in [0.2, 0.25) is 8.26 Å². The van der Waals surface area contributed by atoms with Crippen molar-refractivity contribution in [3.05, 3.63) is 80.7 Å². The van der Waals surface area contributed by atoms with Crippen molar-refractivity contribution in [2.24, 2.45) is 0 Å². The molecule has 1 heterocycles. The Labute approximate surface area is 158 Å². The molecule has 0 nitrogen and oxygen atoms in total. The fourth-order valence-electron chi connectivity index (χ4n) is 4.00. The van der Waals surface area contributed by atoms with Crippen molar-refractivity contribution in [3.8, 4) is 11.1 Å². The molecule has 1 saturated heterocycles. The Balaban J connectivity index is 0.000000781. The summed E-state index contributed by atoms with van der Waals surface area (Å²) < 4.78 is 5.10. The molecule has 1 fully saturated rings. The van der Waals surface area contributed by atoms with E-state index in [1.54, 1.807) is 13.8 Å². The number of fused-ring (bicyclic) bond motifs is 3. The van der Waals surface area contributed by atoms with Gasteiger partial charge in [-0.05, 0) is 0 Å². The third kappa shape index (κ3) is 2.72. The maximum atomic E-state index is 2.45. The Morgan fingerprint density at radius 2 is 1.35 bits per heavy atom. The topological polar surface area (TPSA) is 0 Å². The molecule has 3 heteroatoms. The van der Waals surface area contributed by atoms with E-state index in [0.717, 1.165) is 0 Å². The molecule has 0 aromatic heterocycles. The van der Waals surface area contributed by atoms with Gasteiger partial charge in [-0.3, -0.25) is 0 Å². The molecular weight excluding hydrogens is 402 g/mol. The predicted molar refractivity (Wildman–Crippen MR) is 84.1 cm³/mol. The van der Waals surface area contributed by atoms with E-state index in [0.29, 0.717) is 5.92 Å². The maximum Gasteiger partial charge on any atom is -1.00 e. The minimum Gasteiger partial charge on any atom is -1.00 e. The first-order chi connectivity index (χ1) is 10.4. The van der Waals surface area contributed by atoms with E-state index >= 15 is 0 Å². The van der Waals surface area contributed by atoms with Crippen molar-refractivity contribution in [3.63, 3.8) is 0 Å². The largest absolute Gasteiger partial charge is 1.00 e. The number of hydrogen-bond donors (Lipinski definition) is 0. The van der Waals surface area contributed by atoms with E-state index in [1.165, 1.54) is 28.7 Å². The first-order valence-electron chi connectivity index (χ1n) is 7.86. The summed E-state index contributed by atoms with van der Waals surface area (Å²) in [4.78, 5) is 0. The Bertz CT molecular complexity index is 757. The van der Waals surface area contributed by atoms with Crippen LogP contribution in [0.1, 0.15) is 23.5 Å². The van der Waals surface area contributed by atoms with Crippen molar-refractivity contribution in [2.45, 2.75) is 20.6 Å². The normalized spacial score (nSPS) is 17.5. The van der Waals surface area contributed by atoms with Gasteiger partial charge in [0.15, 0.2) is 0 Å². The monoisotopic (exact) mass is 417 g/mol. The van der Waals surface area contributed by atoms with Crippen LogP contribution >= 0.6 is 0 Å². The maximum absolute atomic E-state index is 2.45. The van der Waals surface area contributed by atoms with Gasteiger partial charge in [0.1, 0.15) is 0 Å². The molecule has 1 aliphatic heterocycles. The molecule has 5 rings (SSSR count). The fraction of sp³-hybridized carbons (Fsp3) is 0.200. The van der Waals surface area contributed by atoms with Gasteiger partial charge in [0.05, 0.1) is 0 Å². The number of hydrogen-bond acceptors (Lipinski definition) is 0. The van der Waals surface area contributed by atoms with Gasteiger partial charge in [-0.1, -0.05) is 0 Å². The minimum absolute atomic E-state index is 0. The van der Waals surface area contributed by atoms with Crippen LogP contribution in [0, 0.1) is 0 Å². The zero-order chi connectivity index (χ0) is 13.8. The van der Waals surface area contributed by atoms with Gasteiger partial charge in [0.25, 0.3) is 0 Å². The van der Waals surface area contributed by atoms with Crippen LogP contribution in [0.25, 0.3) is 11.1 Å². The van der Waals surface area contributed by atoms with Gasteiger partial charge in [0.2, 0.25) is 0 Å². The molecule has 0 spiro atoms. The van der Waals surface area contributed by atoms with Crippen LogP contribution in [-0.4, -0.2) is 0 Å². The van der Waals surface area contributed by atoms with Crippen molar-refractivity contribution >= 4 is 0 Å². The third-order valence-electron chi connectivity index (χ3n) is 5.04. The van der Waals surface area contributed by atoms with Gasteiger partial charge in [-0.25, -0.2) is 0 Å².